The molecule has 1 aliphatic carbocycles. The highest BCUT2D eigenvalue weighted by atomic mass is 16.7. The van der Waals surface area contributed by atoms with Gasteiger partial charge in [-0.1, -0.05) is 12.8 Å². The number of amides is 2. The molecule has 136 valence electrons. The van der Waals surface area contributed by atoms with E-state index in [0.29, 0.717) is 38.6 Å². The van der Waals surface area contributed by atoms with E-state index in [9.17, 15) is 9.59 Å². The number of rotatable bonds is 4. The average molecular weight is 338 g/mol. The molecule has 3 rings (SSSR count). The summed E-state index contributed by atoms with van der Waals surface area (Å²) in [6.45, 7) is 4.11. The SMILES string of the molecule is O=C(CC1CCCC1)N1CCCN(C(=O)CC2OCCCO2)CC1. The summed E-state index contributed by atoms with van der Waals surface area (Å²) in [5, 5.41) is 0. The Labute approximate surface area is 144 Å². The highest BCUT2D eigenvalue weighted by Crippen LogP contribution is 2.28. The summed E-state index contributed by atoms with van der Waals surface area (Å²) >= 11 is 0. The maximum Gasteiger partial charge on any atom is 0.227 e. The molecule has 6 nitrogen and oxygen atoms in total. The van der Waals surface area contributed by atoms with Gasteiger partial charge in [-0.2, -0.15) is 0 Å². The Balaban J connectivity index is 1.43. The smallest absolute Gasteiger partial charge is 0.227 e. The van der Waals surface area contributed by atoms with Crippen LogP contribution in [-0.4, -0.2) is 67.3 Å². The van der Waals surface area contributed by atoms with Crippen molar-refractivity contribution >= 4 is 11.8 Å². The Morgan fingerprint density at radius 1 is 0.750 bits per heavy atom. The first kappa shape index (κ1) is 17.7. The van der Waals surface area contributed by atoms with Crippen LogP contribution in [0, 0.1) is 5.92 Å². The first-order valence-corrected chi connectivity index (χ1v) is 9.51. The molecule has 0 aromatic carbocycles. The van der Waals surface area contributed by atoms with Crippen molar-refractivity contribution in [3.8, 4) is 0 Å². The predicted molar refractivity (Wildman–Crippen MR) is 89.3 cm³/mol. The van der Waals surface area contributed by atoms with Crippen molar-refractivity contribution < 1.29 is 19.1 Å². The molecule has 2 saturated heterocycles. The molecule has 0 aromatic heterocycles. The van der Waals surface area contributed by atoms with Crippen LogP contribution in [0.5, 0.6) is 0 Å². The zero-order valence-electron chi connectivity index (χ0n) is 14.6. The molecule has 0 radical (unpaired) electrons. The van der Waals surface area contributed by atoms with Gasteiger partial charge in [0.15, 0.2) is 6.29 Å². The second kappa shape index (κ2) is 8.81. The molecule has 0 bridgehead atoms. The Hall–Kier alpha value is -1.14. The number of hydrogen-bond acceptors (Lipinski definition) is 4. The molecule has 0 spiro atoms. The third-order valence-electron chi connectivity index (χ3n) is 5.38. The quantitative estimate of drug-likeness (QED) is 0.784. The third kappa shape index (κ3) is 4.93. The van der Waals surface area contributed by atoms with Crippen LogP contribution >= 0.6 is 0 Å². The van der Waals surface area contributed by atoms with E-state index in [2.05, 4.69) is 0 Å². The van der Waals surface area contributed by atoms with Crippen LogP contribution in [0.4, 0.5) is 0 Å². The maximum absolute atomic E-state index is 12.5. The van der Waals surface area contributed by atoms with E-state index in [1.165, 1.54) is 25.7 Å². The molecule has 0 atom stereocenters. The monoisotopic (exact) mass is 338 g/mol. The number of nitrogens with zero attached hydrogens (tertiary/aromatic N) is 2. The number of hydrogen-bond donors (Lipinski definition) is 0. The van der Waals surface area contributed by atoms with Gasteiger partial charge in [0.1, 0.15) is 0 Å². The summed E-state index contributed by atoms with van der Waals surface area (Å²) < 4.78 is 10.9. The lowest BCUT2D eigenvalue weighted by molar-refractivity contribution is -0.187. The molecule has 1 saturated carbocycles. The van der Waals surface area contributed by atoms with E-state index in [0.717, 1.165) is 25.9 Å². The van der Waals surface area contributed by atoms with Crippen molar-refractivity contribution in [2.45, 2.75) is 57.7 Å². The minimum Gasteiger partial charge on any atom is -0.352 e. The predicted octanol–water partition coefficient (Wildman–Crippen LogP) is 1.78. The van der Waals surface area contributed by atoms with Crippen molar-refractivity contribution in [3.63, 3.8) is 0 Å². The first-order valence-electron chi connectivity index (χ1n) is 9.51. The van der Waals surface area contributed by atoms with Gasteiger partial charge in [-0.15, -0.1) is 0 Å². The van der Waals surface area contributed by atoms with Gasteiger partial charge in [0, 0.05) is 32.6 Å². The van der Waals surface area contributed by atoms with Gasteiger partial charge in [0.25, 0.3) is 0 Å². The lowest BCUT2D eigenvalue weighted by atomic mass is 10.0. The molecular formula is C18H30N2O4. The largest absolute Gasteiger partial charge is 0.352 e. The Kier molecular flexibility index (Phi) is 6.49. The second-order valence-corrected chi connectivity index (χ2v) is 7.20. The fourth-order valence-electron chi connectivity index (χ4n) is 3.93. The Bertz CT molecular complexity index is 431. The van der Waals surface area contributed by atoms with Gasteiger partial charge in [-0.3, -0.25) is 9.59 Å². The normalized spacial score (nSPS) is 24.2. The van der Waals surface area contributed by atoms with E-state index in [1.54, 1.807) is 0 Å². The van der Waals surface area contributed by atoms with E-state index < -0.39 is 6.29 Å². The summed E-state index contributed by atoms with van der Waals surface area (Å²) in [6, 6.07) is 0. The van der Waals surface area contributed by atoms with E-state index >= 15 is 0 Å². The number of carbonyl (C=O) groups excluding carboxylic acids is 2. The molecule has 0 unspecified atom stereocenters. The minimum atomic E-state index is -0.394. The van der Waals surface area contributed by atoms with Crippen LogP contribution in [0.25, 0.3) is 0 Å². The Morgan fingerprint density at radius 3 is 1.96 bits per heavy atom. The summed E-state index contributed by atoms with van der Waals surface area (Å²) in [5.74, 6) is 0.932. The molecule has 3 aliphatic rings. The first-order chi connectivity index (χ1) is 11.7. The summed E-state index contributed by atoms with van der Waals surface area (Å²) in [6.07, 6.45) is 7.28. The van der Waals surface area contributed by atoms with Crippen LogP contribution in [0.3, 0.4) is 0 Å². The highest BCUT2D eigenvalue weighted by molar-refractivity contribution is 5.78. The second-order valence-electron chi connectivity index (χ2n) is 7.20. The topological polar surface area (TPSA) is 59.1 Å². The molecule has 0 N–H and O–H groups in total. The molecule has 24 heavy (non-hydrogen) atoms. The molecule has 3 fully saturated rings. The number of carbonyl (C=O) groups is 2. The van der Waals surface area contributed by atoms with Gasteiger partial charge in [0.2, 0.25) is 11.8 Å². The van der Waals surface area contributed by atoms with Crippen molar-refractivity contribution in [2.24, 2.45) is 5.92 Å². The zero-order valence-corrected chi connectivity index (χ0v) is 14.6. The van der Waals surface area contributed by atoms with Crippen molar-refractivity contribution in [2.75, 3.05) is 39.4 Å². The van der Waals surface area contributed by atoms with Crippen LogP contribution in [-0.2, 0) is 19.1 Å². The zero-order chi connectivity index (χ0) is 16.8. The molecular weight excluding hydrogens is 308 g/mol. The molecule has 6 heteroatoms. The van der Waals surface area contributed by atoms with Crippen molar-refractivity contribution in [1.82, 2.24) is 9.80 Å². The molecule has 2 heterocycles. The van der Waals surface area contributed by atoms with E-state index in [4.69, 9.17) is 9.47 Å². The Morgan fingerprint density at radius 2 is 1.33 bits per heavy atom. The summed E-state index contributed by atoms with van der Waals surface area (Å²) in [5.41, 5.74) is 0. The van der Waals surface area contributed by atoms with Gasteiger partial charge in [-0.25, -0.2) is 0 Å². The summed E-state index contributed by atoms with van der Waals surface area (Å²) in [4.78, 5) is 28.7. The molecule has 0 aromatic rings. The van der Waals surface area contributed by atoms with Crippen LogP contribution in [0.15, 0.2) is 0 Å². The lowest BCUT2D eigenvalue weighted by Gasteiger charge is -2.26. The standard InChI is InChI=1S/C18H30N2O4/c21-16(13-15-5-1-2-6-15)19-7-3-8-20(10-9-19)17(22)14-18-23-11-4-12-24-18/h15,18H,1-14H2. The molecule has 2 aliphatic heterocycles. The van der Waals surface area contributed by atoms with Gasteiger partial charge >= 0.3 is 0 Å². The lowest BCUT2D eigenvalue weighted by Crippen LogP contribution is -2.39. The van der Waals surface area contributed by atoms with E-state index in [1.807, 2.05) is 9.80 Å². The third-order valence-corrected chi connectivity index (χ3v) is 5.38. The van der Waals surface area contributed by atoms with Gasteiger partial charge < -0.3 is 19.3 Å². The van der Waals surface area contributed by atoms with Gasteiger partial charge in [-0.05, 0) is 31.6 Å². The minimum absolute atomic E-state index is 0.0759. The fourth-order valence-corrected chi connectivity index (χ4v) is 3.93. The summed E-state index contributed by atoms with van der Waals surface area (Å²) in [7, 11) is 0. The van der Waals surface area contributed by atoms with Crippen LogP contribution < -0.4 is 0 Å². The van der Waals surface area contributed by atoms with Crippen molar-refractivity contribution in [3.05, 3.63) is 0 Å². The van der Waals surface area contributed by atoms with E-state index in [-0.39, 0.29) is 18.2 Å². The van der Waals surface area contributed by atoms with Crippen LogP contribution in [0.2, 0.25) is 0 Å². The highest BCUT2D eigenvalue weighted by Gasteiger charge is 2.27. The number of ether oxygens (including phenoxy) is 2. The van der Waals surface area contributed by atoms with Crippen LogP contribution in [0.1, 0.15) is 51.4 Å². The molecule has 2 amide bonds. The van der Waals surface area contributed by atoms with Crippen molar-refractivity contribution in [1.29, 1.82) is 0 Å². The average Bonchev–Trinajstić information content (AvgIpc) is 2.96. The fraction of sp³-hybridized carbons (Fsp3) is 0.889. The van der Waals surface area contributed by atoms with Gasteiger partial charge in [0.05, 0.1) is 19.6 Å². The maximum atomic E-state index is 12.5.